The molecule has 0 aliphatic heterocycles. The second-order valence-corrected chi connectivity index (χ2v) is 4.83. The number of rotatable bonds is 5. The lowest BCUT2D eigenvalue weighted by atomic mass is 10.1. The molecule has 1 saturated carbocycles. The van der Waals surface area contributed by atoms with Gasteiger partial charge in [-0.2, -0.15) is 5.10 Å². The van der Waals surface area contributed by atoms with E-state index >= 15 is 0 Å². The first-order valence-corrected chi connectivity index (χ1v) is 6.02. The minimum absolute atomic E-state index is 0. The summed E-state index contributed by atoms with van der Waals surface area (Å²) >= 11 is 0. The number of carbonyl (C=O) groups is 1. The van der Waals surface area contributed by atoms with Gasteiger partial charge in [0.2, 0.25) is 5.91 Å². The van der Waals surface area contributed by atoms with Gasteiger partial charge >= 0.3 is 0 Å². The van der Waals surface area contributed by atoms with Crippen LogP contribution in [0.25, 0.3) is 0 Å². The Morgan fingerprint density at radius 1 is 1.67 bits per heavy atom. The number of halogens is 1. The molecule has 0 saturated heterocycles. The maximum Gasteiger partial charge on any atom is 0.244 e. The molecule has 2 rings (SSSR count). The molecule has 1 amide bonds. The molecule has 1 unspecified atom stereocenters. The first-order chi connectivity index (χ1) is 8.11. The summed E-state index contributed by atoms with van der Waals surface area (Å²) in [7, 11) is 5.54. The standard InChI is InChI=1S/C12H20N4O.ClH/c1-13-11(10-6-14-16(3)8-10)12(17)15(2)7-9-4-5-9;/h6,8-9,11,13H,4-5,7H2,1-3H3;1H. The summed E-state index contributed by atoms with van der Waals surface area (Å²) in [5.41, 5.74) is 0.919. The van der Waals surface area contributed by atoms with Crippen LogP contribution in [0.4, 0.5) is 0 Å². The molecule has 1 aromatic heterocycles. The van der Waals surface area contributed by atoms with E-state index in [2.05, 4.69) is 10.4 Å². The number of hydrogen-bond donors (Lipinski definition) is 1. The van der Waals surface area contributed by atoms with E-state index in [4.69, 9.17) is 0 Å². The average molecular weight is 273 g/mol. The van der Waals surface area contributed by atoms with Gasteiger partial charge in [-0.05, 0) is 25.8 Å². The number of nitrogens with one attached hydrogen (secondary N) is 1. The van der Waals surface area contributed by atoms with E-state index < -0.39 is 0 Å². The first-order valence-electron chi connectivity index (χ1n) is 6.02. The lowest BCUT2D eigenvalue weighted by Gasteiger charge is -2.22. The van der Waals surface area contributed by atoms with Crippen LogP contribution < -0.4 is 5.32 Å². The molecule has 0 radical (unpaired) electrons. The molecule has 1 fully saturated rings. The molecule has 0 aromatic carbocycles. The molecular weight excluding hydrogens is 252 g/mol. The van der Waals surface area contributed by atoms with E-state index in [1.54, 1.807) is 17.9 Å². The molecular formula is C12H21ClN4O. The Morgan fingerprint density at radius 2 is 2.33 bits per heavy atom. The van der Waals surface area contributed by atoms with E-state index in [1.807, 2.05) is 25.2 Å². The van der Waals surface area contributed by atoms with Crippen LogP contribution in [0.5, 0.6) is 0 Å². The number of hydrogen-bond acceptors (Lipinski definition) is 3. The number of likely N-dealkylation sites (N-methyl/N-ethyl adjacent to an activating group) is 2. The van der Waals surface area contributed by atoms with Crippen molar-refractivity contribution in [1.82, 2.24) is 20.0 Å². The summed E-state index contributed by atoms with van der Waals surface area (Å²) in [5.74, 6) is 0.836. The van der Waals surface area contributed by atoms with E-state index in [-0.39, 0.29) is 24.4 Å². The summed E-state index contributed by atoms with van der Waals surface area (Å²) in [6.45, 7) is 0.872. The minimum atomic E-state index is -0.285. The highest BCUT2D eigenvalue weighted by molar-refractivity contribution is 5.85. The third-order valence-electron chi connectivity index (χ3n) is 3.20. The van der Waals surface area contributed by atoms with Crippen LogP contribution in [0.1, 0.15) is 24.4 Å². The number of nitrogens with zero attached hydrogens (tertiary/aromatic N) is 3. The van der Waals surface area contributed by atoms with Crippen LogP contribution in [0.2, 0.25) is 0 Å². The highest BCUT2D eigenvalue weighted by Crippen LogP contribution is 2.30. The van der Waals surface area contributed by atoms with E-state index in [9.17, 15) is 4.79 Å². The van der Waals surface area contributed by atoms with Gasteiger partial charge in [0.05, 0.1) is 6.20 Å². The van der Waals surface area contributed by atoms with Crippen molar-refractivity contribution in [3.63, 3.8) is 0 Å². The number of amides is 1. The van der Waals surface area contributed by atoms with Gasteiger partial charge in [-0.25, -0.2) is 0 Å². The van der Waals surface area contributed by atoms with Crippen molar-refractivity contribution >= 4 is 18.3 Å². The Kier molecular flexibility index (Phi) is 5.16. The van der Waals surface area contributed by atoms with Gasteiger partial charge in [-0.3, -0.25) is 9.48 Å². The van der Waals surface area contributed by atoms with E-state index in [0.717, 1.165) is 18.0 Å². The summed E-state index contributed by atoms with van der Waals surface area (Å²) in [5, 5.41) is 7.17. The first kappa shape index (κ1) is 15.0. The SMILES string of the molecule is CNC(C(=O)N(C)CC1CC1)c1cnn(C)c1.Cl. The minimum Gasteiger partial charge on any atom is -0.344 e. The normalized spacial score (nSPS) is 15.9. The van der Waals surface area contributed by atoms with Crippen LogP contribution in [0, 0.1) is 5.92 Å². The lowest BCUT2D eigenvalue weighted by Crippen LogP contribution is -2.38. The van der Waals surface area contributed by atoms with Crippen molar-refractivity contribution in [1.29, 1.82) is 0 Å². The zero-order valence-corrected chi connectivity index (χ0v) is 11.9. The third kappa shape index (κ3) is 3.46. The highest BCUT2D eigenvalue weighted by Gasteiger charge is 2.28. The van der Waals surface area contributed by atoms with Crippen LogP contribution in [0.3, 0.4) is 0 Å². The smallest absolute Gasteiger partial charge is 0.244 e. The quantitative estimate of drug-likeness (QED) is 0.869. The molecule has 1 aromatic rings. The lowest BCUT2D eigenvalue weighted by molar-refractivity contribution is -0.132. The number of carbonyl (C=O) groups excluding carboxylic acids is 1. The Bertz CT molecular complexity index is 403. The summed E-state index contributed by atoms with van der Waals surface area (Å²) < 4.78 is 1.72. The molecule has 1 heterocycles. The number of aryl methyl sites for hydroxylation is 1. The topological polar surface area (TPSA) is 50.2 Å². The molecule has 0 bridgehead atoms. The van der Waals surface area contributed by atoms with Crippen molar-refractivity contribution in [3.05, 3.63) is 18.0 Å². The predicted molar refractivity (Wildman–Crippen MR) is 72.6 cm³/mol. The van der Waals surface area contributed by atoms with Gasteiger partial charge in [-0.1, -0.05) is 0 Å². The van der Waals surface area contributed by atoms with Crippen LogP contribution in [-0.2, 0) is 11.8 Å². The average Bonchev–Trinajstić information content (AvgIpc) is 3.01. The monoisotopic (exact) mass is 272 g/mol. The van der Waals surface area contributed by atoms with Crippen molar-refractivity contribution in [2.24, 2.45) is 13.0 Å². The summed E-state index contributed by atoms with van der Waals surface area (Å²) in [4.78, 5) is 14.1. The van der Waals surface area contributed by atoms with Gasteiger partial charge in [0.1, 0.15) is 6.04 Å². The molecule has 6 heteroatoms. The van der Waals surface area contributed by atoms with Crippen molar-refractivity contribution in [3.8, 4) is 0 Å². The Morgan fingerprint density at radius 3 is 2.78 bits per heavy atom. The third-order valence-corrected chi connectivity index (χ3v) is 3.20. The maximum absolute atomic E-state index is 12.3. The fourth-order valence-corrected chi connectivity index (χ4v) is 2.02. The molecule has 0 spiro atoms. The molecule has 5 nitrogen and oxygen atoms in total. The van der Waals surface area contributed by atoms with E-state index in [0.29, 0.717) is 0 Å². The van der Waals surface area contributed by atoms with Gasteiger partial charge in [-0.15, -0.1) is 12.4 Å². The van der Waals surface area contributed by atoms with Gasteiger partial charge < -0.3 is 10.2 Å². The predicted octanol–water partition coefficient (Wildman–Crippen LogP) is 0.971. The Balaban J connectivity index is 0.00000162. The Hall–Kier alpha value is -1.07. The largest absolute Gasteiger partial charge is 0.344 e. The molecule has 1 N–H and O–H groups in total. The van der Waals surface area contributed by atoms with Crippen LogP contribution in [-0.4, -0.2) is 41.2 Å². The summed E-state index contributed by atoms with van der Waals surface area (Å²) in [6.07, 6.45) is 6.14. The molecule has 18 heavy (non-hydrogen) atoms. The van der Waals surface area contributed by atoms with E-state index in [1.165, 1.54) is 12.8 Å². The van der Waals surface area contributed by atoms with Crippen molar-refractivity contribution < 1.29 is 4.79 Å². The zero-order chi connectivity index (χ0) is 12.4. The number of aromatic nitrogens is 2. The second-order valence-electron chi connectivity index (χ2n) is 4.83. The van der Waals surface area contributed by atoms with Gasteiger partial charge in [0.25, 0.3) is 0 Å². The fraction of sp³-hybridized carbons (Fsp3) is 0.667. The second kappa shape index (κ2) is 6.20. The highest BCUT2D eigenvalue weighted by atomic mass is 35.5. The molecule has 102 valence electrons. The Labute approximate surface area is 114 Å². The van der Waals surface area contributed by atoms with Crippen LogP contribution >= 0.6 is 12.4 Å². The van der Waals surface area contributed by atoms with Crippen LogP contribution in [0.15, 0.2) is 12.4 Å². The van der Waals surface area contributed by atoms with Crippen molar-refractivity contribution in [2.75, 3.05) is 20.6 Å². The van der Waals surface area contributed by atoms with Crippen molar-refractivity contribution in [2.45, 2.75) is 18.9 Å². The molecule has 1 aliphatic rings. The van der Waals surface area contributed by atoms with Gasteiger partial charge in [0.15, 0.2) is 0 Å². The summed E-state index contributed by atoms with van der Waals surface area (Å²) in [6, 6.07) is -0.285. The van der Waals surface area contributed by atoms with Gasteiger partial charge in [0, 0.05) is 32.4 Å². The molecule has 1 atom stereocenters. The zero-order valence-electron chi connectivity index (χ0n) is 11.1. The maximum atomic E-state index is 12.3. The fourth-order valence-electron chi connectivity index (χ4n) is 2.02. The molecule has 1 aliphatic carbocycles.